The molecule has 148 valence electrons. The Bertz CT molecular complexity index is 695. The lowest BCUT2D eigenvalue weighted by Crippen LogP contribution is -2.34. The average molecular weight is 391 g/mol. The maximum Gasteiger partial charge on any atom is 0.416 e. The zero-order chi connectivity index (χ0) is 19.6. The first-order chi connectivity index (χ1) is 11.9. The Morgan fingerprint density at radius 3 is 2.04 bits per heavy atom. The number of halogens is 3. The van der Waals surface area contributed by atoms with Crippen molar-refractivity contribution in [1.29, 1.82) is 0 Å². The van der Waals surface area contributed by atoms with Crippen LogP contribution in [0.5, 0.6) is 0 Å². The Morgan fingerprint density at radius 1 is 0.962 bits per heavy atom. The van der Waals surface area contributed by atoms with Gasteiger partial charge in [-0.25, -0.2) is 8.42 Å². The van der Waals surface area contributed by atoms with Crippen molar-refractivity contribution < 1.29 is 21.6 Å². The molecule has 1 aromatic carbocycles. The lowest BCUT2D eigenvalue weighted by atomic mass is 9.80. The third-order valence-corrected chi connectivity index (χ3v) is 8.28. The summed E-state index contributed by atoms with van der Waals surface area (Å²) in [6.07, 6.45) is 0.339. The van der Waals surface area contributed by atoms with Crippen LogP contribution in [0, 0.1) is 11.8 Å². The van der Waals surface area contributed by atoms with Gasteiger partial charge in [-0.05, 0) is 69.9 Å². The lowest BCUT2D eigenvalue weighted by molar-refractivity contribution is -0.138. The maximum atomic E-state index is 13.1. The van der Waals surface area contributed by atoms with Crippen LogP contribution in [-0.2, 0) is 22.4 Å². The molecular formula is C20H29F3O2S. The minimum Gasteiger partial charge on any atom is -0.228 e. The van der Waals surface area contributed by atoms with Gasteiger partial charge in [0, 0.05) is 0 Å². The second-order valence-corrected chi connectivity index (χ2v) is 11.3. The zero-order valence-corrected chi connectivity index (χ0v) is 16.6. The van der Waals surface area contributed by atoms with E-state index in [0.29, 0.717) is 17.9 Å². The minimum absolute atomic E-state index is 0.179. The molecule has 0 bridgehead atoms. The molecule has 0 unspecified atom stereocenters. The SMILES string of the molecule is CC(C)(C)S(=O)(=O)CC1CCC(CCc2ccccc2C(F)(F)F)CC1. The summed E-state index contributed by atoms with van der Waals surface area (Å²) in [5.74, 6) is 0.781. The highest BCUT2D eigenvalue weighted by Crippen LogP contribution is 2.36. The molecule has 2 rings (SSSR count). The van der Waals surface area contributed by atoms with Gasteiger partial charge in [0.15, 0.2) is 9.84 Å². The highest BCUT2D eigenvalue weighted by atomic mass is 32.2. The van der Waals surface area contributed by atoms with E-state index in [1.807, 2.05) is 0 Å². The number of hydrogen-bond acceptors (Lipinski definition) is 2. The topological polar surface area (TPSA) is 34.1 Å². The van der Waals surface area contributed by atoms with E-state index in [-0.39, 0.29) is 11.7 Å². The summed E-state index contributed by atoms with van der Waals surface area (Å²) in [5, 5.41) is 0. The maximum absolute atomic E-state index is 13.1. The monoisotopic (exact) mass is 390 g/mol. The molecule has 0 saturated heterocycles. The Hall–Kier alpha value is -1.04. The van der Waals surface area contributed by atoms with Crippen LogP contribution in [-0.4, -0.2) is 18.9 Å². The molecule has 0 radical (unpaired) electrons. The predicted molar refractivity (Wildman–Crippen MR) is 98.8 cm³/mol. The Kier molecular flexibility index (Phi) is 6.47. The fourth-order valence-electron chi connectivity index (χ4n) is 3.62. The normalized spacial score (nSPS) is 22.4. The molecule has 1 saturated carbocycles. The highest BCUT2D eigenvalue weighted by molar-refractivity contribution is 7.92. The van der Waals surface area contributed by atoms with Gasteiger partial charge in [-0.1, -0.05) is 31.0 Å². The summed E-state index contributed by atoms with van der Waals surface area (Å²) in [6, 6.07) is 5.78. The van der Waals surface area contributed by atoms with Gasteiger partial charge in [-0.2, -0.15) is 13.2 Å². The van der Waals surface area contributed by atoms with Gasteiger partial charge in [0.2, 0.25) is 0 Å². The standard InChI is InChI=1S/C20H29F3O2S/c1-19(2,3)26(24,25)14-16-10-8-15(9-11-16)12-13-17-6-4-5-7-18(17)20(21,22)23/h4-7,15-16H,8-14H2,1-3H3. The second kappa shape index (κ2) is 7.91. The van der Waals surface area contributed by atoms with Crippen LogP contribution in [0.25, 0.3) is 0 Å². The predicted octanol–water partition coefficient (Wildman–Crippen LogP) is 5.66. The van der Waals surface area contributed by atoms with E-state index in [1.54, 1.807) is 32.9 Å². The van der Waals surface area contributed by atoms with E-state index in [1.165, 1.54) is 6.07 Å². The zero-order valence-electron chi connectivity index (χ0n) is 15.8. The van der Waals surface area contributed by atoms with E-state index in [0.717, 1.165) is 38.2 Å². The number of alkyl halides is 3. The number of benzene rings is 1. The number of hydrogen-bond donors (Lipinski definition) is 0. The van der Waals surface area contributed by atoms with Crippen LogP contribution in [0.15, 0.2) is 24.3 Å². The summed E-state index contributed by atoms with van der Waals surface area (Å²) in [7, 11) is -3.12. The molecule has 1 aliphatic rings. The molecule has 0 heterocycles. The van der Waals surface area contributed by atoms with E-state index in [2.05, 4.69) is 0 Å². The first-order valence-electron chi connectivity index (χ1n) is 9.27. The third-order valence-electron chi connectivity index (χ3n) is 5.50. The average Bonchev–Trinajstić information content (AvgIpc) is 2.52. The van der Waals surface area contributed by atoms with Crippen molar-refractivity contribution in [2.45, 2.75) is 70.2 Å². The van der Waals surface area contributed by atoms with Gasteiger partial charge >= 0.3 is 6.18 Å². The molecule has 0 aliphatic heterocycles. The molecule has 0 N–H and O–H groups in total. The van der Waals surface area contributed by atoms with E-state index < -0.39 is 26.3 Å². The molecule has 0 spiro atoms. The van der Waals surface area contributed by atoms with Crippen molar-refractivity contribution in [2.75, 3.05) is 5.75 Å². The van der Waals surface area contributed by atoms with Crippen molar-refractivity contribution in [2.24, 2.45) is 11.8 Å². The fourth-order valence-corrected chi connectivity index (χ4v) is 5.08. The summed E-state index contributed by atoms with van der Waals surface area (Å²) in [5.41, 5.74) is -0.178. The fraction of sp³-hybridized carbons (Fsp3) is 0.700. The van der Waals surface area contributed by atoms with Crippen LogP contribution in [0.1, 0.15) is 64.0 Å². The van der Waals surface area contributed by atoms with E-state index in [9.17, 15) is 21.6 Å². The van der Waals surface area contributed by atoms with Crippen molar-refractivity contribution in [1.82, 2.24) is 0 Å². The molecule has 1 aliphatic carbocycles. The van der Waals surface area contributed by atoms with Gasteiger partial charge in [0.05, 0.1) is 16.1 Å². The smallest absolute Gasteiger partial charge is 0.228 e. The minimum atomic E-state index is -4.31. The molecule has 1 aromatic rings. The molecular weight excluding hydrogens is 361 g/mol. The Balaban J connectivity index is 1.87. The van der Waals surface area contributed by atoms with Crippen LogP contribution >= 0.6 is 0 Å². The number of rotatable bonds is 5. The molecule has 26 heavy (non-hydrogen) atoms. The second-order valence-electron chi connectivity index (χ2n) is 8.47. The molecule has 0 aromatic heterocycles. The van der Waals surface area contributed by atoms with Crippen molar-refractivity contribution in [3.63, 3.8) is 0 Å². The first kappa shape index (κ1) is 21.3. The largest absolute Gasteiger partial charge is 0.416 e. The summed E-state index contributed by atoms with van der Waals surface area (Å²) in [6.45, 7) is 5.18. The van der Waals surface area contributed by atoms with Crippen LogP contribution < -0.4 is 0 Å². The molecule has 6 heteroatoms. The molecule has 1 fully saturated rings. The molecule has 0 atom stereocenters. The summed E-state index contributed by atoms with van der Waals surface area (Å²) < 4.78 is 63.1. The van der Waals surface area contributed by atoms with Gasteiger partial charge in [-0.3, -0.25) is 0 Å². The van der Waals surface area contributed by atoms with Gasteiger partial charge in [0.25, 0.3) is 0 Å². The van der Waals surface area contributed by atoms with Gasteiger partial charge < -0.3 is 0 Å². The van der Waals surface area contributed by atoms with Gasteiger partial charge in [-0.15, -0.1) is 0 Å². The summed E-state index contributed by atoms with van der Waals surface area (Å²) >= 11 is 0. The van der Waals surface area contributed by atoms with Gasteiger partial charge in [0.1, 0.15) is 0 Å². The highest BCUT2D eigenvalue weighted by Gasteiger charge is 2.34. The van der Waals surface area contributed by atoms with Crippen LogP contribution in [0.2, 0.25) is 0 Å². The van der Waals surface area contributed by atoms with Crippen LogP contribution in [0.3, 0.4) is 0 Å². The van der Waals surface area contributed by atoms with Crippen molar-refractivity contribution >= 4 is 9.84 Å². The quantitative estimate of drug-likeness (QED) is 0.650. The number of aryl methyl sites for hydroxylation is 1. The molecule has 0 amide bonds. The van der Waals surface area contributed by atoms with E-state index in [4.69, 9.17) is 0 Å². The lowest BCUT2D eigenvalue weighted by Gasteiger charge is -2.30. The van der Waals surface area contributed by atoms with Crippen molar-refractivity contribution in [3.05, 3.63) is 35.4 Å². The van der Waals surface area contributed by atoms with Crippen molar-refractivity contribution in [3.8, 4) is 0 Å². The van der Waals surface area contributed by atoms with Crippen LogP contribution in [0.4, 0.5) is 13.2 Å². The van der Waals surface area contributed by atoms with E-state index >= 15 is 0 Å². The molecule has 2 nitrogen and oxygen atoms in total. The third kappa shape index (κ3) is 5.48. The first-order valence-corrected chi connectivity index (χ1v) is 10.9. The summed E-state index contributed by atoms with van der Waals surface area (Å²) in [4.78, 5) is 0. The Labute approximate surface area is 155 Å². The Morgan fingerprint density at radius 2 is 1.50 bits per heavy atom. The number of sulfone groups is 1.